The van der Waals surface area contributed by atoms with Crippen LogP contribution in [-0.4, -0.2) is 54.7 Å². The number of halogens is 1. The SMILES string of the molecule is CC(=O)O[C@H]1[C@H]2O[C@H](n3cc(F)c(NC(=O)c4ccccc4)nc3=O)C[C@@]2(c2ccccc2)O[C@@H]1CO[Si](c1ccccc1)(c1ccccc1)C(C)(C)C. The molecule has 1 amide bonds. The number of nitrogens with zero attached hydrogens (tertiary/aromatic N) is 2. The zero-order valence-electron chi connectivity index (χ0n) is 30.5. The number of hydrogen-bond acceptors (Lipinski definition) is 8. The first-order valence-corrected chi connectivity index (χ1v) is 19.8. The summed E-state index contributed by atoms with van der Waals surface area (Å²) in [5.74, 6) is -2.59. The predicted octanol–water partition coefficient (Wildman–Crippen LogP) is 5.72. The average molecular weight is 748 g/mol. The van der Waals surface area contributed by atoms with Gasteiger partial charge in [-0.3, -0.25) is 14.2 Å². The van der Waals surface area contributed by atoms with Crippen LogP contribution >= 0.6 is 0 Å². The minimum absolute atomic E-state index is 0.0614. The molecule has 0 unspecified atom stereocenters. The standard InChI is InChI=1S/C42H42FN3O7Si/c1-28(47)51-36-34(27-50-54(41(2,3)4,31-21-13-7-14-22-31)32-23-15-8-16-24-32)53-42(30-19-11-6-12-20-30)25-35(52-37(36)42)46-26-33(43)38(45-40(46)49)44-39(48)29-17-9-5-10-18-29/h5-24,26,34-37H,25,27H2,1-4H3,(H,44,45,48,49)/t34-,35+,36-,37-,42+/m1/s1. The molecule has 2 aliphatic heterocycles. The lowest BCUT2D eigenvalue weighted by Crippen LogP contribution is -2.67. The Morgan fingerprint density at radius 1 is 0.907 bits per heavy atom. The number of benzene rings is 4. The highest BCUT2D eigenvalue weighted by Crippen LogP contribution is 2.54. The first kappa shape index (κ1) is 37.1. The molecule has 7 rings (SSSR count). The Morgan fingerprint density at radius 3 is 2.02 bits per heavy atom. The number of anilines is 1. The van der Waals surface area contributed by atoms with Gasteiger partial charge in [0.25, 0.3) is 14.2 Å². The Balaban J connectivity index is 1.24. The Bertz CT molecular complexity index is 2130. The van der Waals surface area contributed by atoms with E-state index in [1.165, 1.54) is 6.92 Å². The van der Waals surface area contributed by atoms with Gasteiger partial charge in [-0.25, -0.2) is 9.18 Å². The van der Waals surface area contributed by atoms with Crippen LogP contribution < -0.4 is 21.4 Å². The van der Waals surface area contributed by atoms with E-state index in [0.717, 1.165) is 26.7 Å². The van der Waals surface area contributed by atoms with Crippen molar-refractivity contribution in [3.05, 3.63) is 155 Å². The largest absolute Gasteiger partial charge is 0.457 e. The molecule has 1 N–H and O–H groups in total. The molecule has 5 aromatic rings. The van der Waals surface area contributed by atoms with Gasteiger partial charge in [0.15, 0.2) is 17.7 Å². The van der Waals surface area contributed by atoms with Crippen molar-refractivity contribution in [2.24, 2.45) is 0 Å². The second kappa shape index (κ2) is 14.9. The van der Waals surface area contributed by atoms with Crippen molar-refractivity contribution < 1.29 is 32.6 Å². The molecule has 3 heterocycles. The van der Waals surface area contributed by atoms with Gasteiger partial charge in [-0.15, -0.1) is 0 Å². The maximum atomic E-state index is 15.6. The van der Waals surface area contributed by atoms with E-state index >= 15 is 4.39 Å². The summed E-state index contributed by atoms with van der Waals surface area (Å²) in [5.41, 5.74) is -1.05. The van der Waals surface area contributed by atoms with Gasteiger partial charge in [-0.1, -0.05) is 130 Å². The summed E-state index contributed by atoms with van der Waals surface area (Å²) in [6.45, 7) is 7.91. The van der Waals surface area contributed by atoms with Gasteiger partial charge < -0.3 is 24.0 Å². The summed E-state index contributed by atoms with van der Waals surface area (Å²) in [5, 5.41) is 4.21. The fourth-order valence-electron chi connectivity index (χ4n) is 7.86. The van der Waals surface area contributed by atoms with Crippen LogP contribution in [0.25, 0.3) is 0 Å². The van der Waals surface area contributed by atoms with Gasteiger partial charge in [0.05, 0.1) is 12.8 Å². The van der Waals surface area contributed by atoms with Gasteiger partial charge in [0.1, 0.15) is 24.0 Å². The number of carbonyl (C=O) groups is 2. The van der Waals surface area contributed by atoms with Crippen molar-refractivity contribution >= 4 is 36.4 Å². The van der Waals surface area contributed by atoms with E-state index in [-0.39, 0.29) is 23.6 Å². The third kappa shape index (κ3) is 6.82. The summed E-state index contributed by atoms with van der Waals surface area (Å²) >= 11 is 0. The molecule has 2 fully saturated rings. The quantitative estimate of drug-likeness (QED) is 0.142. The van der Waals surface area contributed by atoms with Gasteiger partial charge in [-0.2, -0.15) is 4.98 Å². The van der Waals surface area contributed by atoms with E-state index < -0.39 is 67.7 Å². The first-order valence-electron chi connectivity index (χ1n) is 17.9. The van der Waals surface area contributed by atoms with Crippen LogP contribution in [0.15, 0.2) is 132 Å². The molecule has 0 aliphatic carbocycles. The fraction of sp³-hybridized carbons (Fsp3) is 0.286. The highest BCUT2D eigenvalue weighted by atomic mass is 28.4. The molecule has 278 valence electrons. The van der Waals surface area contributed by atoms with E-state index in [9.17, 15) is 14.4 Å². The molecule has 1 aromatic heterocycles. The number of esters is 1. The molecule has 10 nitrogen and oxygen atoms in total. The number of hydrogen-bond donors (Lipinski definition) is 1. The van der Waals surface area contributed by atoms with E-state index in [0.29, 0.717) is 0 Å². The molecular formula is C42H42FN3O7Si. The molecule has 2 aliphatic rings. The number of carbonyl (C=O) groups excluding carboxylic acids is 2. The topological polar surface area (TPSA) is 118 Å². The zero-order valence-corrected chi connectivity index (χ0v) is 31.5. The summed E-state index contributed by atoms with van der Waals surface area (Å²) in [4.78, 5) is 42.8. The predicted molar refractivity (Wildman–Crippen MR) is 203 cm³/mol. The lowest BCUT2D eigenvalue weighted by Gasteiger charge is -2.43. The number of nitrogens with one attached hydrogen (secondary N) is 1. The smallest absolute Gasteiger partial charge is 0.351 e. The monoisotopic (exact) mass is 747 g/mol. The van der Waals surface area contributed by atoms with Crippen molar-refractivity contribution in [1.82, 2.24) is 9.55 Å². The van der Waals surface area contributed by atoms with Crippen LogP contribution in [0.1, 0.15) is 56.3 Å². The van der Waals surface area contributed by atoms with E-state index in [1.807, 2.05) is 66.7 Å². The second-order valence-electron chi connectivity index (χ2n) is 14.6. The van der Waals surface area contributed by atoms with Crippen molar-refractivity contribution in [3.8, 4) is 0 Å². The number of aromatic nitrogens is 2. The van der Waals surface area contributed by atoms with E-state index in [4.69, 9.17) is 18.6 Å². The van der Waals surface area contributed by atoms with Gasteiger partial charge in [0.2, 0.25) is 0 Å². The molecule has 54 heavy (non-hydrogen) atoms. The number of amides is 1. The first-order chi connectivity index (χ1) is 25.9. The summed E-state index contributed by atoms with van der Waals surface area (Å²) in [6, 6.07) is 38.0. The van der Waals surface area contributed by atoms with Crippen LogP contribution in [0.4, 0.5) is 10.2 Å². The van der Waals surface area contributed by atoms with Crippen LogP contribution in [0.3, 0.4) is 0 Å². The molecule has 0 radical (unpaired) electrons. The summed E-state index contributed by atoms with van der Waals surface area (Å²) < 4.78 is 43.5. The summed E-state index contributed by atoms with van der Waals surface area (Å²) in [6.07, 6.45) is -2.67. The molecule has 12 heteroatoms. The van der Waals surface area contributed by atoms with Crippen LogP contribution in [0.2, 0.25) is 5.04 Å². The number of fused-ring (bicyclic) bond motifs is 1. The molecule has 2 saturated heterocycles. The maximum absolute atomic E-state index is 15.6. The second-order valence-corrected chi connectivity index (χ2v) is 18.9. The van der Waals surface area contributed by atoms with Crippen molar-refractivity contribution in [2.75, 3.05) is 11.9 Å². The molecule has 0 spiro atoms. The Kier molecular flexibility index (Phi) is 10.2. The van der Waals surface area contributed by atoms with Crippen LogP contribution in [0, 0.1) is 5.82 Å². The minimum Gasteiger partial charge on any atom is -0.457 e. The molecule has 0 saturated carbocycles. The van der Waals surface area contributed by atoms with Crippen molar-refractivity contribution in [3.63, 3.8) is 0 Å². The van der Waals surface area contributed by atoms with Crippen molar-refractivity contribution in [1.29, 1.82) is 0 Å². The van der Waals surface area contributed by atoms with Gasteiger partial charge in [-0.05, 0) is 33.1 Å². The van der Waals surface area contributed by atoms with Crippen molar-refractivity contribution in [2.45, 2.75) is 69.3 Å². The van der Waals surface area contributed by atoms with Crippen LogP contribution in [-0.2, 0) is 29.0 Å². The van der Waals surface area contributed by atoms with E-state index in [2.05, 4.69) is 55.3 Å². The number of ether oxygens (including phenoxy) is 3. The molecule has 4 aromatic carbocycles. The van der Waals surface area contributed by atoms with Gasteiger partial charge in [0, 0.05) is 18.9 Å². The Hall–Kier alpha value is -5.27. The maximum Gasteiger partial charge on any atom is 0.351 e. The third-order valence-electron chi connectivity index (χ3n) is 10.2. The third-order valence-corrected chi connectivity index (χ3v) is 15.2. The fourth-order valence-corrected chi connectivity index (χ4v) is 12.4. The average Bonchev–Trinajstić information content (AvgIpc) is 3.68. The molecule has 5 atom stereocenters. The lowest BCUT2D eigenvalue weighted by molar-refractivity contribution is -0.159. The summed E-state index contributed by atoms with van der Waals surface area (Å²) in [7, 11) is -3.03. The minimum atomic E-state index is -3.03. The van der Waals surface area contributed by atoms with Crippen LogP contribution in [0.5, 0.6) is 0 Å². The molecular weight excluding hydrogens is 706 g/mol. The normalized spacial score (nSPS) is 22.4. The highest BCUT2D eigenvalue weighted by Gasteiger charge is 2.64. The Labute approximate surface area is 314 Å². The van der Waals surface area contributed by atoms with E-state index in [1.54, 1.807) is 30.3 Å². The zero-order chi connectivity index (χ0) is 38.1. The highest BCUT2D eigenvalue weighted by molar-refractivity contribution is 6.99. The molecule has 0 bridgehead atoms. The van der Waals surface area contributed by atoms with Gasteiger partial charge >= 0.3 is 11.7 Å². The Morgan fingerprint density at radius 2 is 1.46 bits per heavy atom. The number of rotatable bonds is 10. The lowest BCUT2D eigenvalue weighted by atomic mass is 9.86.